The van der Waals surface area contributed by atoms with E-state index < -0.39 is 28.5 Å². The number of benzene rings is 2. The van der Waals surface area contributed by atoms with Crippen LogP contribution in [0.5, 0.6) is 0 Å². The zero-order valence-electron chi connectivity index (χ0n) is 21.5. The summed E-state index contributed by atoms with van der Waals surface area (Å²) in [4.78, 5) is 28.7. The Morgan fingerprint density at radius 2 is 1.68 bits per heavy atom. The predicted octanol–water partition coefficient (Wildman–Crippen LogP) is 5.32. The Kier molecular flexibility index (Phi) is 10.3. The van der Waals surface area contributed by atoms with Crippen LogP contribution in [0, 0.1) is 6.92 Å². The zero-order chi connectivity index (χ0) is 27.2. The predicted molar refractivity (Wildman–Crippen MR) is 149 cm³/mol. The third kappa shape index (κ3) is 7.62. The molecule has 0 bridgehead atoms. The van der Waals surface area contributed by atoms with Gasteiger partial charge in [0.05, 0.1) is 11.9 Å². The Morgan fingerprint density at radius 3 is 2.30 bits per heavy atom. The summed E-state index contributed by atoms with van der Waals surface area (Å²) in [6.45, 7) is 3.14. The molecule has 1 N–H and O–H groups in total. The van der Waals surface area contributed by atoms with E-state index in [0.29, 0.717) is 33.3 Å². The van der Waals surface area contributed by atoms with Crippen molar-refractivity contribution in [2.24, 2.45) is 0 Å². The van der Waals surface area contributed by atoms with E-state index in [1.165, 1.54) is 4.90 Å². The molecule has 0 heterocycles. The van der Waals surface area contributed by atoms with Crippen molar-refractivity contribution in [1.82, 2.24) is 10.2 Å². The minimum Gasteiger partial charge on any atom is -0.352 e. The van der Waals surface area contributed by atoms with Gasteiger partial charge in [0.25, 0.3) is 0 Å². The van der Waals surface area contributed by atoms with Gasteiger partial charge in [0.2, 0.25) is 21.8 Å². The molecular weight excluding hydrogens is 533 g/mol. The average molecular weight is 569 g/mol. The first-order valence-corrected chi connectivity index (χ1v) is 15.2. The van der Waals surface area contributed by atoms with Crippen molar-refractivity contribution < 1.29 is 18.0 Å². The molecule has 0 unspecified atom stereocenters. The van der Waals surface area contributed by atoms with Gasteiger partial charge < -0.3 is 10.2 Å². The van der Waals surface area contributed by atoms with Gasteiger partial charge in [-0.1, -0.05) is 73.7 Å². The Morgan fingerprint density at radius 1 is 1.03 bits per heavy atom. The zero-order valence-corrected chi connectivity index (χ0v) is 23.9. The lowest BCUT2D eigenvalue weighted by Crippen LogP contribution is -2.54. The second kappa shape index (κ2) is 13.0. The van der Waals surface area contributed by atoms with Crippen LogP contribution < -0.4 is 9.62 Å². The molecule has 2 amide bonds. The molecule has 2 aromatic carbocycles. The molecule has 0 aliphatic heterocycles. The SMILES string of the molecule is CC[C@H](C(=O)NC1CCCCC1)N(Cc1ccccc1Cl)C(=O)CN(c1cccc(Cl)c1C)S(C)(=O)=O. The minimum atomic E-state index is -3.84. The number of nitrogens with one attached hydrogen (secondary N) is 1. The van der Waals surface area contributed by atoms with Gasteiger partial charge in [-0.25, -0.2) is 8.42 Å². The molecule has 1 aliphatic rings. The number of carbonyl (C=O) groups excluding carboxylic acids is 2. The van der Waals surface area contributed by atoms with Gasteiger partial charge >= 0.3 is 0 Å². The number of nitrogens with zero attached hydrogens (tertiary/aromatic N) is 2. The van der Waals surface area contributed by atoms with Crippen molar-refractivity contribution in [2.45, 2.75) is 71.0 Å². The normalized spacial score (nSPS) is 15.2. The average Bonchev–Trinajstić information content (AvgIpc) is 2.85. The lowest BCUT2D eigenvalue weighted by atomic mass is 9.95. The quantitative estimate of drug-likeness (QED) is 0.420. The van der Waals surface area contributed by atoms with Crippen LogP contribution in [0.15, 0.2) is 42.5 Å². The summed E-state index contributed by atoms with van der Waals surface area (Å²) in [5.74, 6) is -0.741. The Hall–Kier alpha value is -2.29. The molecule has 2 aromatic rings. The molecule has 1 fully saturated rings. The first-order valence-electron chi connectivity index (χ1n) is 12.6. The summed E-state index contributed by atoms with van der Waals surface area (Å²) in [5, 5.41) is 3.98. The van der Waals surface area contributed by atoms with Crippen LogP contribution in [0.4, 0.5) is 5.69 Å². The van der Waals surface area contributed by atoms with E-state index in [1.54, 1.807) is 43.3 Å². The molecule has 0 spiro atoms. The smallest absolute Gasteiger partial charge is 0.244 e. The summed E-state index contributed by atoms with van der Waals surface area (Å²) in [7, 11) is -3.84. The number of amides is 2. The standard InChI is InChI=1S/C27H35Cl2N3O4S/c1-4-24(27(34)30-21-12-6-5-7-13-21)31(17-20-11-8-9-14-23(20)29)26(33)18-32(37(3,35)36)25-16-10-15-22(28)19(25)2/h8-11,14-16,21,24H,4-7,12-13,17-18H2,1-3H3,(H,30,34)/t24-/m1/s1. The van der Waals surface area contributed by atoms with Crippen molar-refractivity contribution in [3.8, 4) is 0 Å². The molecule has 10 heteroatoms. The number of hydrogen-bond donors (Lipinski definition) is 1. The van der Waals surface area contributed by atoms with Gasteiger partial charge in [-0.2, -0.15) is 0 Å². The van der Waals surface area contributed by atoms with E-state index in [1.807, 2.05) is 13.0 Å². The van der Waals surface area contributed by atoms with E-state index >= 15 is 0 Å². The third-order valence-electron chi connectivity index (χ3n) is 6.82. The Balaban J connectivity index is 1.95. The van der Waals surface area contributed by atoms with Crippen LogP contribution in [0.3, 0.4) is 0 Å². The summed E-state index contributed by atoms with van der Waals surface area (Å²) >= 11 is 12.7. The first-order chi connectivity index (χ1) is 17.5. The fraction of sp³-hybridized carbons (Fsp3) is 0.481. The summed E-state index contributed by atoms with van der Waals surface area (Å²) in [5.41, 5.74) is 1.54. The number of rotatable bonds is 10. The van der Waals surface area contributed by atoms with Crippen LogP contribution in [0.25, 0.3) is 0 Å². The van der Waals surface area contributed by atoms with Crippen LogP contribution in [-0.2, 0) is 26.2 Å². The maximum atomic E-state index is 13.8. The van der Waals surface area contributed by atoms with E-state index in [4.69, 9.17) is 23.2 Å². The summed E-state index contributed by atoms with van der Waals surface area (Å²) in [6, 6.07) is 11.3. The van der Waals surface area contributed by atoms with Crippen LogP contribution in [0.1, 0.15) is 56.6 Å². The highest BCUT2D eigenvalue weighted by molar-refractivity contribution is 7.92. The molecule has 1 saturated carbocycles. The molecule has 0 radical (unpaired) electrons. The molecule has 7 nitrogen and oxygen atoms in total. The van der Waals surface area contributed by atoms with E-state index in [-0.39, 0.29) is 18.5 Å². The second-order valence-electron chi connectivity index (χ2n) is 9.53. The molecule has 3 rings (SSSR count). The number of carbonyl (C=O) groups is 2. The van der Waals surface area contributed by atoms with Crippen molar-refractivity contribution in [3.05, 3.63) is 63.6 Å². The monoisotopic (exact) mass is 567 g/mol. The molecule has 1 aliphatic carbocycles. The fourth-order valence-corrected chi connectivity index (χ4v) is 6.00. The van der Waals surface area contributed by atoms with E-state index in [0.717, 1.165) is 42.7 Å². The van der Waals surface area contributed by atoms with Gasteiger partial charge in [0, 0.05) is 22.6 Å². The maximum Gasteiger partial charge on any atom is 0.244 e. The Bertz CT molecular complexity index is 1220. The van der Waals surface area contributed by atoms with Crippen molar-refractivity contribution in [3.63, 3.8) is 0 Å². The fourth-order valence-electron chi connectivity index (χ4n) is 4.73. The molecule has 0 aromatic heterocycles. The molecule has 37 heavy (non-hydrogen) atoms. The largest absolute Gasteiger partial charge is 0.352 e. The van der Waals surface area contributed by atoms with Crippen LogP contribution >= 0.6 is 23.2 Å². The Labute approximate surface area is 230 Å². The maximum absolute atomic E-state index is 13.8. The van der Waals surface area contributed by atoms with Gasteiger partial charge in [-0.3, -0.25) is 13.9 Å². The van der Waals surface area contributed by atoms with Crippen LogP contribution in [0.2, 0.25) is 10.0 Å². The molecular formula is C27H35Cl2N3O4S. The summed E-state index contributed by atoms with van der Waals surface area (Å²) in [6.07, 6.45) is 6.52. The van der Waals surface area contributed by atoms with Crippen LogP contribution in [-0.4, -0.2) is 50.0 Å². The van der Waals surface area contributed by atoms with Gasteiger partial charge in [-0.05, 0) is 55.5 Å². The molecule has 202 valence electrons. The highest BCUT2D eigenvalue weighted by Gasteiger charge is 2.33. The molecule has 0 saturated heterocycles. The minimum absolute atomic E-state index is 0.0707. The number of halogens is 2. The van der Waals surface area contributed by atoms with E-state index in [2.05, 4.69) is 5.32 Å². The lowest BCUT2D eigenvalue weighted by molar-refractivity contribution is -0.140. The first kappa shape index (κ1) is 29.3. The lowest BCUT2D eigenvalue weighted by Gasteiger charge is -2.34. The highest BCUT2D eigenvalue weighted by atomic mass is 35.5. The second-order valence-corrected chi connectivity index (χ2v) is 12.3. The van der Waals surface area contributed by atoms with Gasteiger partial charge in [0.1, 0.15) is 12.6 Å². The van der Waals surface area contributed by atoms with Crippen molar-refractivity contribution in [2.75, 3.05) is 17.1 Å². The third-order valence-corrected chi connectivity index (χ3v) is 8.73. The number of anilines is 1. The van der Waals surface area contributed by atoms with Crippen molar-refractivity contribution >= 4 is 50.7 Å². The number of sulfonamides is 1. The van der Waals surface area contributed by atoms with Crippen molar-refractivity contribution in [1.29, 1.82) is 0 Å². The molecule has 1 atom stereocenters. The van der Waals surface area contributed by atoms with Gasteiger partial charge in [0.15, 0.2) is 0 Å². The van der Waals surface area contributed by atoms with Gasteiger partial charge in [-0.15, -0.1) is 0 Å². The topological polar surface area (TPSA) is 86.8 Å². The van der Waals surface area contributed by atoms with E-state index in [9.17, 15) is 18.0 Å². The summed E-state index contributed by atoms with van der Waals surface area (Å²) < 4.78 is 26.7. The highest BCUT2D eigenvalue weighted by Crippen LogP contribution is 2.29. The number of hydrogen-bond acceptors (Lipinski definition) is 4.